The number of thioether (sulfide) groups is 1. The van der Waals surface area contributed by atoms with Crippen LogP contribution < -0.4 is 15.4 Å². The summed E-state index contributed by atoms with van der Waals surface area (Å²) in [6, 6.07) is 6.35. The Labute approximate surface area is 191 Å². The molecule has 0 radical (unpaired) electrons. The third-order valence-corrected chi connectivity index (χ3v) is 5.96. The number of rotatable bonds is 9. The van der Waals surface area contributed by atoms with Crippen LogP contribution in [0.3, 0.4) is 0 Å². The Morgan fingerprint density at radius 1 is 1.36 bits per heavy atom. The summed E-state index contributed by atoms with van der Waals surface area (Å²) in [5.74, 6) is 2.27. The number of guanidine groups is 1. The fourth-order valence-corrected chi connectivity index (χ4v) is 2.94. The van der Waals surface area contributed by atoms with E-state index in [0.29, 0.717) is 19.1 Å². The molecule has 2 rings (SSSR count). The summed E-state index contributed by atoms with van der Waals surface area (Å²) in [7, 11) is 0. The largest absolute Gasteiger partial charge is 0.493 e. The summed E-state index contributed by atoms with van der Waals surface area (Å²) in [4.78, 5) is 4.77. The van der Waals surface area contributed by atoms with Crippen molar-refractivity contribution >= 4 is 41.7 Å². The van der Waals surface area contributed by atoms with Crippen molar-refractivity contribution in [3.05, 3.63) is 29.3 Å². The summed E-state index contributed by atoms with van der Waals surface area (Å²) >= 11 is 1.85. The van der Waals surface area contributed by atoms with Crippen LogP contribution in [0, 0.1) is 12.8 Å². The van der Waals surface area contributed by atoms with Gasteiger partial charge in [0.1, 0.15) is 5.75 Å². The van der Waals surface area contributed by atoms with Gasteiger partial charge in [-0.1, -0.05) is 12.1 Å². The van der Waals surface area contributed by atoms with Crippen molar-refractivity contribution in [2.24, 2.45) is 10.9 Å². The first kappa shape index (κ1) is 25.4. The standard InChI is InChI=1S/C21H35N3O2S.HI/c1-6-22-20(24-15-21(3,4)27-5)23-12-18-8-7-16(2)11-19(18)26-14-17-9-10-25-13-17;/h7-8,11,17H,6,9-10,12-15H2,1-5H3,(H2,22,23,24);1H. The summed E-state index contributed by atoms with van der Waals surface area (Å²) in [6.07, 6.45) is 3.22. The van der Waals surface area contributed by atoms with Gasteiger partial charge in [-0.3, -0.25) is 0 Å². The van der Waals surface area contributed by atoms with E-state index in [1.54, 1.807) is 0 Å². The maximum absolute atomic E-state index is 6.13. The second-order valence-electron chi connectivity index (χ2n) is 7.66. The molecule has 0 saturated carbocycles. The van der Waals surface area contributed by atoms with Gasteiger partial charge in [-0.2, -0.15) is 11.8 Å². The molecule has 160 valence electrons. The molecule has 1 saturated heterocycles. The number of hydrogen-bond acceptors (Lipinski definition) is 4. The summed E-state index contributed by atoms with van der Waals surface area (Å²) in [6.45, 7) is 13.3. The first-order chi connectivity index (χ1) is 12.9. The monoisotopic (exact) mass is 521 g/mol. The van der Waals surface area contributed by atoms with Gasteiger partial charge in [0, 0.05) is 35.9 Å². The molecule has 1 heterocycles. The van der Waals surface area contributed by atoms with E-state index in [4.69, 9.17) is 14.5 Å². The molecule has 1 aliphatic rings. The number of nitrogens with one attached hydrogen (secondary N) is 2. The van der Waals surface area contributed by atoms with Gasteiger partial charge in [0.15, 0.2) is 5.96 Å². The van der Waals surface area contributed by atoms with Gasteiger partial charge in [0.05, 0.1) is 19.8 Å². The molecule has 2 N–H and O–H groups in total. The maximum Gasteiger partial charge on any atom is 0.191 e. The maximum atomic E-state index is 6.13. The minimum atomic E-state index is 0. The molecule has 7 heteroatoms. The van der Waals surface area contributed by atoms with E-state index in [1.807, 2.05) is 11.8 Å². The van der Waals surface area contributed by atoms with Crippen LogP contribution in [-0.4, -0.2) is 49.9 Å². The van der Waals surface area contributed by atoms with Crippen LogP contribution in [0.15, 0.2) is 23.2 Å². The van der Waals surface area contributed by atoms with Crippen LogP contribution >= 0.6 is 35.7 Å². The van der Waals surface area contributed by atoms with Crippen LogP contribution in [0.2, 0.25) is 0 Å². The zero-order chi connectivity index (χ0) is 19.7. The number of aryl methyl sites for hydroxylation is 1. The molecule has 0 aromatic heterocycles. The van der Waals surface area contributed by atoms with E-state index in [-0.39, 0.29) is 28.7 Å². The second kappa shape index (κ2) is 12.8. The molecule has 5 nitrogen and oxygen atoms in total. The predicted octanol–water partition coefficient (Wildman–Crippen LogP) is 4.23. The van der Waals surface area contributed by atoms with Gasteiger partial charge in [0.2, 0.25) is 0 Å². The Bertz CT molecular complexity index is 620. The minimum Gasteiger partial charge on any atom is -0.493 e. The molecular formula is C21H36IN3O2S. The molecule has 1 aromatic rings. The minimum absolute atomic E-state index is 0. The lowest BCUT2D eigenvalue weighted by molar-refractivity contribution is 0.166. The number of benzene rings is 1. The molecule has 1 unspecified atom stereocenters. The highest BCUT2D eigenvalue weighted by Gasteiger charge is 2.18. The number of aliphatic imine (C=N–C) groups is 1. The van der Waals surface area contributed by atoms with Crippen molar-refractivity contribution in [1.29, 1.82) is 0 Å². The lowest BCUT2D eigenvalue weighted by Gasteiger charge is -2.23. The molecule has 0 aliphatic carbocycles. The van der Waals surface area contributed by atoms with Gasteiger partial charge < -0.3 is 20.1 Å². The smallest absolute Gasteiger partial charge is 0.191 e. The van der Waals surface area contributed by atoms with Gasteiger partial charge in [0.25, 0.3) is 0 Å². The highest BCUT2D eigenvalue weighted by molar-refractivity contribution is 14.0. The number of ether oxygens (including phenoxy) is 2. The average molecular weight is 522 g/mol. The highest BCUT2D eigenvalue weighted by atomic mass is 127. The van der Waals surface area contributed by atoms with E-state index in [9.17, 15) is 0 Å². The zero-order valence-electron chi connectivity index (χ0n) is 17.8. The summed E-state index contributed by atoms with van der Waals surface area (Å²) < 4.78 is 11.7. The summed E-state index contributed by atoms with van der Waals surface area (Å²) in [5, 5.41) is 6.78. The molecular weight excluding hydrogens is 485 g/mol. The van der Waals surface area contributed by atoms with E-state index < -0.39 is 0 Å². The van der Waals surface area contributed by atoms with Crippen molar-refractivity contribution in [2.75, 3.05) is 39.2 Å². The van der Waals surface area contributed by atoms with Crippen molar-refractivity contribution < 1.29 is 9.47 Å². The SMILES string of the molecule is CCNC(=NCc1ccc(C)cc1OCC1CCOC1)NCC(C)(C)SC.I. The van der Waals surface area contributed by atoms with Crippen molar-refractivity contribution in [3.63, 3.8) is 0 Å². The van der Waals surface area contributed by atoms with Gasteiger partial charge in [-0.15, -0.1) is 24.0 Å². The third-order valence-electron chi connectivity index (χ3n) is 4.71. The number of halogens is 1. The topological polar surface area (TPSA) is 54.9 Å². The fourth-order valence-electron chi connectivity index (χ4n) is 2.72. The third kappa shape index (κ3) is 8.78. The number of nitrogens with zero attached hydrogens (tertiary/aromatic N) is 1. The van der Waals surface area contributed by atoms with Gasteiger partial charge >= 0.3 is 0 Å². The van der Waals surface area contributed by atoms with Gasteiger partial charge in [-0.25, -0.2) is 4.99 Å². The van der Waals surface area contributed by atoms with Crippen LogP contribution in [0.5, 0.6) is 5.75 Å². The van der Waals surface area contributed by atoms with E-state index in [0.717, 1.165) is 50.0 Å². The molecule has 1 aliphatic heterocycles. The predicted molar refractivity (Wildman–Crippen MR) is 131 cm³/mol. The quantitative estimate of drug-likeness (QED) is 0.290. The van der Waals surface area contributed by atoms with Crippen LogP contribution in [0.1, 0.15) is 38.3 Å². The Hall–Kier alpha value is -0.670. The highest BCUT2D eigenvalue weighted by Crippen LogP contribution is 2.23. The first-order valence-corrected chi connectivity index (χ1v) is 11.0. The van der Waals surface area contributed by atoms with Crippen LogP contribution in [-0.2, 0) is 11.3 Å². The fraction of sp³-hybridized carbons (Fsp3) is 0.667. The number of hydrogen-bond donors (Lipinski definition) is 2. The van der Waals surface area contributed by atoms with E-state index >= 15 is 0 Å². The van der Waals surface area contributed by atoms with Crippen molar-refractivity contribution in [1.82, 2.24) is 10.6 Å². The molecule has 0 amide bonds. The molecule has 28 heavy (non-hydrogen) atoms. The zero-order valence-corrected chi connectivity index (χ0v) is 21.0. The van der Waals surface area contributed by atoms with E-state index in [2.05, 4.69) is 62.8 Å². The van der Waals surface area contributed by atoms with Crippen molar-refractivity contribution in [2.45, 2.75) is 45.4 Å². The van der Waals surface area contributed by atoms with Gasteiger partial charge in [-0.05, 0) is 52.0 Å². The average Bonchev–Trinajstić information content (AvgIpc) is 3.17. The van der Waals surface area contributed by atoms with E-state index in [1.165, 1.54) is 5.56 Å². The molecule has 1 atom stereocenters. The molecule has 0 bridgehead atoms. The Kier molecular flexibility index (Phi) is 11.6. The van der Waals surface area contributed by atoms with Crippen LogP contribution in [0.25, 0.3) is 0 Å². The lowest BCUT2D eigenvalue weighted by atomic mass is 10.1. The molecule has 1 aromatic carbocycles. The Morgan fingerprint density at radius 3 is 2.79 bits per heavy atom. The Morgan fingerprint density at radius 2 is 2.14 bits per heavy atom. The summed E-state index contributed by atoms with van der Waals surface area (Å²) in [5.41, 5.74) is 2.31. The normalized spacial score (nSPS) is 17.2. The van der Waals surface area contributed by atoms with Crippen LogP contribution in [0.4, 0.5) is 0 Å². The molecule has 1 fully saturated rings. The molecule has 0 spiro atoms. The Balaban J connectivity index is 0.00000392. The lowest BCUT2D eigenvalue weighted by Crippen LogP contribution is -2.43. The first-order valence-electron chi connectivity index (χ1n) is 9.81. The second-order valence-corrected chi connectivity index (χ2v) is 9.18. The van der Waals surface area contributed by atoms with Crippen molar-refractivity contribution in [3.8, 4) is 5.75 Å².